The summed E-state index contributed by atoms with van der Waals surface area (Å²) in [5.74, 6) is -0.647. The molecule has 1 aromatic carbocycles. The lowest BCUT2D eigenvalue weighted by Crippen LogP contribution is -2.42. The first-order valence-electron chi connectivity index (χ1n) is 7.46. The van der Waals surface area contributed by atoms with Crippen LogP contribution in [0.25, 0.3) is 0 Å². The Morgan fingerprint density at radius 1 is 1.36 bits per heavy atom. The van der Waals surface area contributed by atoms with E-state index in [1.165, 1.54) is 0 Å². The number of rotatable bonds is 6. The lowest BCUT2D eigenvalue weighted by Gasteiger charge is -2.30. The molecule has 1 N–H and O–H groups in total. The molecule has 0 spiro atoms. The molecule has 1 fully saturated rings. The molecule has 1 aliphatic rings. The molecule has 1 saturated heterocycles. The quantitative estimate of drug-likeness (QED) is 0.817. The number of ether oxygens (including phenoxy) is 1. The van der Waals surface area contributed by atoms with Gasteiger partial charge in [-0.1, -0.05) is 23.7 Å². The highest BCUT2D eigenvalue weighted by Gasteiger charge is 2.27. The standard InChI is InChI=1S/C16H20ClNO4/c17-13-6-1-2-7-14(13)22-10-4-8-15(19)18-9-3-5-12(11-18)16(20)21/h1-2,6-7,12H,3-5,8-11H2,(H,20,21)/t12-/m1/s1. The van der Waals surface area contributed by atoms with Gasteiger partial charge in [-0.3, -0.25) is 9.59 Å². The molecule has 1 atom stereocenters. The number of aliphatic carboxylic acids is 1. The molecule has 5 nitrogen and oxygen atoms in total. The van der Waals surface area contributed by atoms with Crippen molar-refractivity contribution in [2.24, 2.45) is 5.92 Å². The van der Waals surface area contributed by atoms with Gasteiger partial charge in [-0.15, -0.1) is 0 Å². The first-order valence-corrected chi connectivity index (χ1v) is 7.83. The highest BCUT2D eigenvalue weighted by atomic mass is 35.5. The second kappa shape index (κ2) is 8.03. The highest BCUT2D eigenvalue weighted by Crippen LogP contribution is 2.23. The number of nitrogens with zero attached hydrogens (tertiary/aromatic N) is 1. The van der Waals surface area contributed by atoms with Crippen LogP contribution in [-0.4, -0.2) is 41.6 Å². The number of hydrogen-bond donors (Lipinski definition) is 1. The Morgan fingerprint density at radius 3 is 2.86 bits per heavy atom. The maximum Gasteiger partial charge on any atom is 0.308 e. The lowest BCUT2D eigenvalue weighted by atomic mass is 9.98. The Bertz CT molecular complexity index is 535. The summed E-state index contributed by atoms with van der Waals surface area (Å²) in [6.45, 7) is 1.37. The number of carboxylic acids is 1. The second-order valence-electron chi connectivity index (χ2n) is 5.40. The normalized spacial score (nSPS) is 18.0. The molecule has 0 radical (unpaired) electrons. The number of hydrogen-bond acceptors (Lipinski definition) is 3. The molecule has 0 saturated carbocycles. The fraction of sp³-hybridized carbons (Fsp3) is 0.500. The molecule has 1 aliphatic heterocycles. The third kappa shape index (κ3) is 4.63. The van der Waals surface area contributed by atoms with Crippen molar-refractivity contribution < 1.29 is 19.4 Å². The maximum atomic E-state index is 12.1. The number of carbonyl (C=O) groups excluding carboxylic acids is 1. The SMILES string of the molecule is O=C(O)[C@@H]1CCCN(C(=O)CCCOc2ccccc2Cl)C1. The van der Waals surface area contributed by atoms with Gasteiger partial charge in [0.15, 0.2) is 0 Å². The highest BCUT2D eigenvalue weighted by molar-refractivity contribution is 6.32. The molecule has 1 heterocycles. The van der Waals surface area contributed by atoms with Gasteiger partial charge < -0.3 is 14.7 Å². The molecule has 120 valence electrons. The number of amides is 1. The number of halogens is 1. The van der Waals surface area contributed by atoms with Gasteiger partial charge in [0.2, 0.25) is 5.91 Å². The van der Waals surface area contributed by atoms with Gasteiger partial charge in [0, 0.05) is 19.5 Å². The minimum atomic E-state index is -0.820. The summed E-state index contributed by atoms with van der Waals surface area (Å²) in [5.41, 5.74) is 0. The summed E-state index contributed by atoms with van der Waals surface area (Å²) in [6, 6.07) is 7.20. The predicted molar refractivity (Wildman–Crippen MR) is 83.1 cm³/mol. The van der Waals surface area contributed by atoms with Crippen molar-refractivity contribution in [1.29, 1.82) is 0 Å². The maximum absolute atomic E-state index is 12.1. The average molecular weight is 326 g/mol. The molecule has 1 aromatic rings. The number of carbonyl (C=O) groups is 2. The number of likely N-dealkylation sites (tertiary alicyclic amines) is 1. The summed E-state index contributed by atoms with van der Waals surface area (Å²) in [4.78, 5) is 24.7. The zero-order valence-electron chi connectivity index (χ0n) is 12.3. The van der Waals surface area contributed by atoms with Crippen LogP contribution in [0.3, 0.4) is 0 Å². The third-order valence-corrected chi connectivity index (χ3v) is 4.06. The van der Waals surface area contributed by atoms with E-state index >= 15 is 0 Å². The number of piperidine rings is 1. The van der Waals surface area contributed by atoms with Crippen LogP contribution < -0.4 is 4.74 Å². The van der Waals surface area contributed by atoms with Crippen molar-refractivity contribution in [3.05, 3.63) is 29.3 Å². The van der Waals surface area contributed by atoms with Gasteiger partial charge in [0.1, 0.15) is 5.75 Å². The van der Waals surface area contributed by atoms with Gasteiger partial charge in [0.05, 0.1) is 17.5 Å². The van der Waals surface area contributed by atoms with E-state index in [0.717, 1.165) is 6.42 Å². The summed E-state index contributed by atoms with van der Waals surface area (Å²) in [7, 11) is 0. The second-order valence-corrected chi connectivity index (χ2v) is 5.81. The first-order chi connectivity index (χ1) is 10.6. The van der Waals surface area contributed by atoms with Gasteiger partial charge in [-0.2, -0.15) is 0 Å². The van der Waals surface area contributed by atoms with Crippen LogP contribution in [0.1, 0.15) is 25.7 Å². The minimum absolute atomic E-state index is 0.00583. The van der Waals surface area contributed by atoms with Crippen LogP contribution in [0.4, 0.5) is 0 Å². The Kier molecular flexibility index (Phi) is 6.07. The molecule has 2 rings (SSSR count). The van der Waals surface area contributed by atoms with Crippen molar-refractivity contribution in [3.63, 3.8) is 0 Å². The summed E-state index contributed by atoms with van der Waals surface area (Å²) >= 11 is 5.98. The van der Waals surface area contributed by atoms with Crippen LogP contribution in [0, 0.1) is 5.92 Å². The van der Waals surface area contributed by atoms with E-state index in [1.54, 1.807) is 17.0 Å². The van der Waals surface area contributed by atoms with Crippen molar-refractivity contribution >= 4 is 23.5 Å². The van der Waals surface area contributed by atoms with Crippen LogP contribution in [0.15, 0.2) is 24.3 Å². The fourth-order valence-corrected chi connectivity index (χ4v) is 2.72. The number of carboxylic acid groups (broad SMARTS) is 1. The largest absolute Gasteiger partial charge is 0.492 e. The Labute approximate surface area is 134 Å². The van der Waals surface area contributed by atoms with Crippen molar-refractivity contribution in [3.8, 4) is 5.75 Å². The smallest absolute Gasteiger partial charge is 0.308 e. The van der Waals surface area contributed by atoms with Crippen LogP contribution in [0.5, 0.6) is 5.75 Å². The summed E-state index contributed by atoms with van der Waals surface area (Å²) in [5, 5.41) is 9.58. The third-order valence-electron chi connectivity index (χ3n) is 3.75. The Hall–Kier alpha value is -1.75. The van der Waals surface area contributed by atoms with Crippen molar-refractivity contribution in [1.82, 2.24) is 4.90 Å². The molecule has 0 bridgehead atoms. The first kappa shape index (κ1) is 16.6. The van der Waals surface area contributed by atoms with Gasteiger partial charge in [0.25, 0.3) is 0 Å². The minimum Gasteiger partial charge on any atom is -0.492 e. The van der Waals surface area contributed by atoms with Gasteiger partial charge in [-0.25, -0.2) is 0 Å². The van der Waals surface area contributed by atoms with Crippen molar-refractivity contribution in [2.45, 2.75) is 25.7 Å². The van der Waals surface area contributed by atoms with E-state index in [-0.39, 0.29) is 5.91 Å². The molecule has 1 amide bonds. The molecular formula is C16H20ClNO4. The monoisotopic (exact) mass is 325 g/mol. The van der Waals surface area contributed by atoms with E-state index in [2.05, 4.69) is 0 Å². The van der Waals surface area contributed by atoms with Gasteiger partial charge >= 0.3 is 5.97 Å². The van der Waals surface area contributed by atoms with E-state index in [1.807, 2.05) is 12.1 Å². The lowest BCUT2D eigenvalue weighted by molar-refractivity contribution is -0.145. The topological polar surface area (TPSA) is 66.8 Å². The molecule has 6 heteroatoms. The summed E-state index contributed by atoms with van der Waals surface area (Å²) in [6.07, 6.45) is 2.34. The number of para-hydroxylation sites is 1. The van der Waals surface area contributed by atoms with E-state index < -0.39 is 11.9 Å². The Balaban J connectivity index is 1.71. The van der Waals surface area contributed by atoms with E-state index in [9.17, 15) is 9.59 Å². The Morgan fingerprint density at radius 2 is 2.14 bits per heavy atom. The molecule has 0 unspecified atom stereocenters. The van der Waals surface area contributed by atoms with Crippen molar-refractivity contribution in [2.75, 3.05) is 19.7 Å². The molecule has 0 aliphatic carbocycles. The number of benzene rings is 1. The molecule has 22 heavy (non-hydrogen) atoms. The van der Waals surface area contributed by atoms with E-state index in [0.29, 0.717) is 49.7 Å². The predicted octanol–water partition coefficient (Wildman–Crippen LogP) is 2.82. The van der Waals surface area contributed by atoms with Crippen LogP contribution in [-0.2, 0) is 9.59 Å². The fourth-order valence-electron chi connectivity index (χ4n) is 2.53. The molecule has 0 aromatic heterocycles. The zero-order chi connectivity index (χ0) is 15.9. The van der Waals surface area contributed by atoms with Crippen LogP contribution in [0.2, 0.25) is 5.02 Å². The average Bonchev–Trinajstić information content (AvgIpc) is 2.53. The summed E-state index contributed by atoms with van der Waals surface area (Å²) < 4.78 is 5.54. The van der Waals surface area contributed by atoms with Crippen LogP contribution >= 0.6 is 11.6 Å². The molecular weight excluding hydrogens is 306 g/mol. The van der Waals surface area contributed by atoms with E-state index in [4.69, 9.17) is 21.4 Å². The van der Waals surface area contributed by atoms with Gasteiger partial charge in [-0.05, 0) is 31.4 Å². The zero-order valence-corrected chi connectivity index (χ0v) is 13.1.